The van der Waals surface area contributed by atoms with E-state index in [2.05, 4.69) is 73.0 Å². The van der Waals surface area contributed by atoms with Crippen molar-refractivity contribution in [3.05, 3.63) is 0 Å². The molecular formula is C22H45NO6Si2. The minimum atomic E-state index is -2.31. The summed E-state index contributed by atoms with van der Waals surface area (Å²) in [5, 5.41) is 2.69. The average Bonchev–Trinajstić information content (AvgIpc) is 2.49. The van der Waals surface area contributed by atoms with E-state index in [1.165, 1.54) is 0 Å². The van der Waals surface area contributed by atoms with Gasteiger partial charge in [-0.25, -0.2) is 9.59 Å². The van der Waals surface area contributed by atoms with Crippen molar-refractivity contribution in [1.29, 1.82) is 0 Å². The van der Waals surface area contributed by atoms with Gasteiger partial charge in [0.1, 0.15) is 18.3 Å². The molecule has 0 radical (unpaired) electrons. The number of nitrogens with one attached hydrogen (secondary N) is 1. The third-order valence-corrected chi connectivity index (χ3v) is 15.4. The van der Waals surface area contributed by atoms with Crippen molar-refractivity contribution in [3.63, 3.8) is 0 Å². The third kappa shape index (κ3) is 7.58. The lowest BCUT2D eigenvalue weighted by atomic mass is 10.0. The molecule has 0 aliphatic carbocycles. The van der Waals surface area contributed by atoms with E-state index in [0.29, 0.717) is 0 Å². The summed E-state index contributed by atoms with van der Waals surface area (Å²) in [6, 6.07) is -0.559. The topological polar surface area (TPSA) is 83.1 Å². The van der Waals surface area contributed by atoms with Gasteiger partial charge in [0.25, 0.3) is 0 Å². The van der Waals surface area contributed by atoms with Gasteiger partial charge in [0.05, 0.1) is 6.04 Å². The lowest BCUT2D eigenvalue weighted by Gasteiger charge is -2.47. The highest BCUT2D eigenvalue weighted by Gasteiger charge is 2.52. The number of ether oxygens (including phenoxy) is 2. The summed E-state index contributed by atoms with van der Waals surface area (Å²) in [5.74, 6) is -0.434. The maximum absolute atomic E-state index is 12.9. The molecule has 1 rings (SSSR count). The van der Waals surface area contributed by atoms with Crippen molar-refractivity contribution >= 4 is 28.7 Å². The fourth-order valence-corrected chi connectivity index (χ4v) is 5.09. The molecule has 0 spiro atoms. The van der Waals surface area contributed by atoms with Crippen LogP contribution in [0.4, 0.5) is 4.79 Å². The fourth-order valence-electron chi connectivity index (χ4n) is 2.55. The van der Waals surface area contributed by atoms with Crippen LogP contribution in [-0.4, -0.2) is 59.2 Å². The molecule has 0 unspecified atom stereocenters. The molecule has 0 bridgehead atoms. The Morgan fingerprint density at radius 3 is 1.77 bits per heavy atom. The van der Waals surface area contributed by atoms with Gasteiger partial charge in [0.15, 0.2) is 22.7 Å². The van der Waals surface area contributed by atoms with Gasteiger partial charge in [-0.1, -0.05) is 41.5 Å². The monoisotopic (exact) mass is 475 g/mol. The summed E-state index contributed by atoms with van der Waals surface area (Å²) < 4.78 is 24.1. The summed E-state index contributed by atoms with van der Waals surface area (Å²) in [6.45, 7) is 26.6. The minimum absolute atomic E-state index is 0.0225. The zero-order valence-corrected chi connectivity index (χ0v) is 23.9. The average molecular weight is 476 g/mol. The molecule has 1 saturated heterocycles. The molecule has 31 heavy (non-hydrogen) atoms. The fraction of sp³-hybridized carbons (Fsp3) is 0.909. The molecule has 1 aliphatic heterocycles. The van der Waals surface area contributed by atoms with E-state index >= 15 is 0 Å². The lowest BCUT2D eigenvalue weighted by molar-refractivity contribution is -0.170. The van der Waals surface area contributed by atoms with Gasteiger partial charge < -0.3 is 23.6 Å². The van der Waals surface area contributed by atoms with Crippen molar-refractivity contribution in [3.8, 4) is 0 Å². The number of hydrogen-bond donors (Lipinski definition) is 1. The Kier molecular flexibility index (Phi) is 8.30. The zero-order chi connectivity index (χ0) is 24.6. The molecule has 0 aromatic heterocycles. The number of alkyl carbamates (subject to hydrolysis) is 1. The molecule has 0 aromatic rings. The van der Waals surface area contributed by atoms with Crippen molar-refractivity contribution in [2.24, 2.45) is 0 Å². The summed E-state index contributed by atoms with van der Waals surface area (Å²) in [7, 11) is -4.60. The smallest absolute Gasteiger partial charge is 0.408 e. The van der Waals surface area contributed by atoms with Crippen LogP contribution in [0, 0.1) is 0 Å². The maximum Gasteiger partial charge on any atom is 0.408 e. The van der Waals surface area contributed by atoms with Gasteiger partial charge in [-0.3, -0.25) is 0 Å². The second-order valence-electron chi connectivity index (χ2n) is 12.5. The van der Waals surface area contributed by atoms with Crippen LogP contribution in [0.15, 0.2) is 0 Å². The van der Waals surface area contributed by atoms with Gasteiger partial charge in [-0.05, 0) is 57.0 Å². The van der Waals surface area contributed by atoms with E-state index in [9.17, 15) is 9.59 Å². The normalized spacial score (nSPS) is 23.9. The van der Waals surface area contributed by atoms with Gasteiger partial charge >= 0.3 is 12.1 Å². The Bertz CT molecular complexity index is 658. The highest BCUT2D eigenvalue weighted by atomic mass is 28.4. The molecule has 1 N–H and O–H groups in total. The second-order valence-corrected chi connectivity index (χ2v) is 22.0. The molecule has 1 heterocycles. The summed E-state index contributed by atoms with van der Waals surface area (Å²) in [4.78, 5) is 25.4. The SMILES string of the molecule is CC(C)(C)OC(=O)N[C@H]1COC(=O)[C@@H](O[Si](C)(C)C(C)(C)C)[C@H]1O[Si](C)(C)C(C)(C)C. The summed E-state index contributed by atoms with van der Waals surface area (Å²) in [5.41, 5.74) is -0.637. The predicted octanol–water partition coefficient (Wildman–Crippen LogP) is 5.22. The number of cyclic esters (lactones) is 1. The Morgan fingerprint density at radius 2 is 1.35 bits per heavy atom. The minimum Gasteiger partial charge on any atom is -0.461 e. The Balaban J connectivity index is 3.30. The Hall–Kier alpha value is -0.906. The third-order valence-electron chi connectivity index (χ3n) is 6.50. The van der Waals surface area contributed by atoms with Gasteiger partial charge in [-0.15, -0.1) is 0 Å². The zero-order valence-electron chi connectivity index (χ0n) is 21.9. The predicted molar refractivity (Wildman–Crippen MR) is 128 cm³/mol. The highest BCUT2D eigenvalue weighted by Crippen LogP contribution is 2.41. The molecule has 182 valence electrons. The van der Waals surface area contributed by atoms with Gasteiger partial charge in [-0.2, -0.15) is 0 Å². The number of rotatable bonds is 5. The molecule has 3 atom stereocenters. The van der Waals surface area contributed by atoms with Crippen LogP contribution in [-0.2, 0) is 23.1 Å². The number of amides is 1. The van der Waals surface area contributed by atoms with Crippen molar-refractivity contribution in [2.75, 3.05) is 6.61 Å². The van der Waals surface area contributed by atoms with E-state index in [4.69, 9.17) is 18.3 Å². The quantitative estimate of drug-likeness (QED) is 0.434. The van der Waals surface area contributed by atoms with E-state index in [1.54, 1.807) is 20.8 Å². The Morgan fingerprint density at radius 1 is 0.903 bits per heavy atom. The molecule has 1 fully saturated rings. The number of esters is 1. The molecule has 0 saturated carbocycles. The summed E-state index contributed by atoms with van der Waals surface area (Å²) >= 11 is 0. The first-order valence-electron chi connectivity index (χ1n) is 11.1. The lowest BCUT2D eigenvalue weighted by Crippen LogP contribution is -2.65. The van der Waals surface area contributed by atoms with Crippen molar-refractivity contribution in [2.45, 2.75) is 122 Å². The van der Waals surface area contributed by atoms with Gasteiger partial charge in [0, 0.05) is 0 Å². The number of carbonyl (C=O) groups excluding carboxylic acids is 2. The van der Waals surface area contributed by atoms with Crippen LogP contribution in [0.3, 0.4) is 0 Å². The molecule has 9 heteroatoms. The van der Waals surface area contributed by atoms with Gasteiger partial charge in [0.2, 0.25) is 0 Å². The highest BCUT2D eigenvalue weighted by molar-refractivity contribution is 6.74. The van der Waals surface area contributed by atoms with E-state index < -0.39 is 52.5 Å². The first-order valence-corrected chi connectivity index (χ1v) is 16.9. The number of carbonyl (C=O) groups is 2. The van der Waals surface area contributed by atoms with Crippen molar-refractivity contribution in [1.82, 2.24) is 5.32 Å². The number of hydrogen-bond acceptors (Lipinski definition) is 6. The van der Waals surface area contributed by atoms with E-state index in [1.807, 2.05) is 0 Å². The van der Waals surface area contributed by atoms with Crippen LogP contribution in [0.1, 0.15) is 62.3 Å². The Labute approximate surface area is 191 Å². The first-order chi connectivity index (χ1) is 13.6. The molecule has 0 aromatic carbocycles. The standard InChI is InChI=1S/C22H45NO6Si2/c1-20(2,3)27-19(25)23-15-14-26-18(24)17(29-31(12,13)22(7,8)9)16(15)28-30(10,11)21(4,5)6/h15-17H,14H2,1-13H3,(H,23,25)/t15-,16-,17-/m0/s1. The van der Waals surface area contributed by atoms with Crippen LogP contribution < -0.4 is 5.32 Å². The van der Waals surface area contributed by atoms with Crippen LogP contribution in [0.2, 0.25) is 36.3 Å². The van der Waals surface area contributed by atoms with E-state index in [-0.39, 0.29) is 16.7 Å². The molecule has 7 nitrogen and oxygen atoms in total. The largest absolute Gasteiger partial charge is 0.461 e. The molecular weight excluding hydrogens is 430 g/mol. The van der Waals surface area contributed by atoms with Crippen LogP contribution in [0.25, 0.3) is 0 Å². The first kappa shape index (κ1) is 28.1. The van der Waals surface area contributed by atoms with Crippen molar-refractivity contribution < 1.29 is 27.9 Å². The van der Waals surface area contributed by atoms with Crippen LogP contribution >= 0.6 is 0 Å². The second kappa shape index (κ2) is 9.15. The van der Waals surface area contributed by atoms with E-state index in [0.717, 1.165) is 0 Å². The van der Waals surface area contributed by atoms with Crippen LogP contribution in [0.5, 0.6) is 0 Å². The molecule has 1 aliphatic rings. The molecule has 1 amide bonds. The summed E-state index contributed by atoms with van der Waals surface area (Å²) in [6.07, 6.45) is -2.11. The maximum atomic E-state index is 12.9.